The van der Waals surface area contributed by atoms with Crippen molar-refractivity contribution in [2.75, 3.05) is 18.5 Å². The van der Waals surface area contributed by atoms with E-state index in [1.165, 1.54) is 0 Å². The summed E-state index contributed by atoms with van der Waals surface area (Å²) >= 11 is 6.11. The van der Waals surface area contributed by atoms with Crippen molar-refractivity contribution in [3.05, 3.63) is 53.2 Å². The van der Waals surface area contributed by atoms with Crippen molar-refractivity contribution in [1.82, 2.24) is 4.98 Å². The minimum absolute atomic E-state index is 0. The lowest BCUT2D eigenvalue weighted by molar-refractivity contribution is 0.171. The predicted octanol–water partition coefficient (Wildman–Crippen LogP) is 4.70. The van der Waals surface area contributed by atoms with Gasteiger partial charge in [0.15, 0.2) is 11.5 Å². The van der Waals surface area contributed by atoms with Crippen LogP contribution in [0.5, 0.6) is 11.5 Å². The second-order valence-electron chi connectivity index (χ2n) is 5.30. The van der Waals surface area contributed by atoms with E-state index in [9.17, 15) is 5.26 Å². The van der Waals surface area contributed by atoms with E-state index in [0.29, 0.717) is 35.2 Å². The summed E-state index contributed by atoms with van der Waals surface area (Å²) in [5, 5.41) is 14.1. The Kier molecular flexibility index (Phi) is 4.84. The van der Waals surface area contributed by atoms with Gasteiger partial charge in [0.05, 0.1) is 16.8 Å². The van der Waals surface area contributed by atoms with E-state index >= 15 is 0 Å². The molecular formula is C18H13Cl2N3O2. The van der Waals surface area contributed by atoms with E-state index in [1.807, 2.05) is 24.3 Å². The smallest absolute Gasteiger partial charge is 0.163 e. The molecule has 0 saturated carbocycles. The second-order valence-corrected chi connectivity index (χ2v) is 5.74. The lowest BCUT2D eigenvalue weighted by Crippen LogP contribution is -2.15. The zero-order chi connectivity index (χ0) is 16.5. The minimum atomic E-state index is 0. The first-order valence-corrected chi connectivity index (χ1v) is 7.77. The molecule has 5 nitrogen and oxygen atoms in total. The second kappa shape index (κ2) is 7.06. The molecule has 1 aliphatic heterocycles. The van der Waals surface area contributed by atoms with Crippen molar-refractivity contribution in [2.24, 2.45) is 0 Å². The maximum Gasteiger partial charge on any atom is 0.163 e. The zero-order valence-corrected chi connectivity index (χ0v) is 14.5. The monoisotopic (exact) mass is 373 g/mol. The van der Waals surface area contributed by atoms with Gasteiger partial charge in [0.2, 0.25) is 0 Å². The highest BCUT2D eigenvalue weighted by Gasteiger charge is 2.14. The maximum atomic E-state index is 9.41. The third-order valence-corrected chi connectivity index (χ3v) is 4.00. The van der Waals surface area contributed by atoms with Crippen LogP contribution in [0, 0.1) is 11.3 Å². The average Bonchev–Trinajstić information content (AvgIpc) is 2.62. The highest BCUT2D eigenvalue weighted by Crippen LogP contribution is 2.36. The normalized spacial score (nSPS) is 12.2. The van der Waals surface area contributed by atoms with Crippen molar-refractivity contribution in [1.29, 1.82) is 5.26 Å². The molecule has 1 aliphatic rings. The predicted molar refractivity (Wildman–Crippen MR) is 99.4 cm³/mol. The van der Waals surface area contributed by atoms with Gasteiger partial charge in [-0.25, -0.2) is 0 Å². The molecule has 25 heavy (non-hydrogen) atoms. The van der Waals surface area contributed by atoms with Crippen LogP contribution in [0.15, 0.2) is 42.6 Å². The molecule has 0 atom stereocenters. The maximum absolute atomic E-state index is 9.41. The molecule has 0 spiro atoms. The number of hydrogen-bond acceptors (Lipinski definition) is 5. The first-order chi connectivity index (χ1) is 11.7. The van der Waals surface area contributed by atoms with Crippen LogP contribution in [-0.2, 0) is 0 Å². The summed E-state index contributed by atoms with van der Waals surface area (Å²) in [4.78, 5) is 4.30. The van der Waals surface area contributed by atoms with Gasteiger partial charge in [-0.3, -0.25) is 4.98 Å². The number of pyridine rings is 1. The van der Waals surface area contributed by atoms with Crippen molar-refractivity contribution in [3.8, 4) is 17.6 Å². The molecule has 0 unspecified atom stereocenters. The standard InChI is InChI=1S/C18H12ClN3O2.ClH/c19-12-1-3-15-14(7-12)18(11(9-20)10-21-15)22-13-2-4-16-17(8-13)24-6-5-23-16;/h1-4,7-8,10H,5-6H2,(H,21,22);1H. The first-order valence-electron chi connectivity index (χ1n) is 7.39. The average molecular weight is 374 g/mol. The summed E-state index contributed by atoms with van der Waals surface area (Å²) in [7, 11) is 0. The van der Waals surface area contributed by atoms with E-state index in [-0.39, 0.29) is 12.4 Å². The van der Waals surface area contributed by atoms with Crippen LogP contribution in [0.25, 0.3) is 10.9 Å². The highest BCUT2D eigenvalue weighted by atomic mass is 35.5. The molecule has 2 aromatic carbocycles. The van der Waals surface area contributed by atoms with E-state index in [1.54, 1.807) is 18.3 Å². The van der Waals surface area contributed by atoms with Crippen LogP contribution < -0.4 is 14.8 Å². The molecule has 1 N–H and O–H groups in total. The molecule has 0 bridgehead atoms. The van der Waals surface area contributed by atoms with Crippen LogP contribution in [0.3, 0.4) is 0 Å². The molecule has 0 radical (unpaired) electrons. The van der Waals surface area contributed by atoms with Crippen molar-refractivity contribution < 1.29 is 9.47 Å². The number of fused-ring (bicyclic) bond motifs is 2. The summed E-state index contributed by atoms with van der Waals surface area (Å²) in [5.41, 5.74) is 2.67. The van der Waals surface area contributed by atoms with Gasteiger partial charge in [0.25, 0.3) is 0 Å². The van der Waals surface area contributed by atoms with Crippen LogP contribution in [0.4, 0.5) is 11.4 Å². The Morgan fingerprint density at radius 1 is 1.08 bits per heavy atom. The lowest BCUT2D eigenvalue weighted by Gasteiger charge is -2.19. The number of anilines is 2. The number of nitrogens with zero attached hydrogens (tertiary/aromatic N) is 2. The Morgan fingerprint density at radius 2 is 1.88 bits per heavy atom. The van der Waals surface area contributed by atoms with Gasteiger partial charge in [0, 0.05) is 28.4 Å². The third kappa shape index (κ3) is 3.27. The van der Waals surface area contributed by atoms with E-state index in [4.69, 9.17) is 21.1 Å². The van der Waals surface area contributed by atoms with Gasteiger partial charge in [-0.05, 0) is 30.3 Å². The number of aromatic nitrogens is 1. The summed E-state index contributed by atoms with van der Waals surface area (Å²) in [5.74, 6) is 1.40. The number of ether oxygens (including phenoxy) is 2. The van der Waals surface area contributed by atoms with Gasteiger partial charge in [-0.2, -0.15) is 5.26 Å². The molecule has 7 heteroatoms. The topological polar surface area (TPSA) is 67.2 Å². The number of nitriles is 1. The molecular weight excluding hydrogens is 361 g/mol. The fourth-order valence-corrected chi connectivity index (χ4v) is 2.82. The van der Waals surface area contributed by atoms with Gasteiger partial charge >= 0.3 is 0 Å². The third-order valence-electron chi connectivity index (χ3n) is 3.76. The minimum Gasteiger partial charge on any atom is -0.486 e. The van der Waals surface area contributed by atoms with Crippen LogP contribution in [-0.4, -0.2) is 18.2 Å². The molecule has 0 saturated heterocycles. The lowest BCUT2D eigenvalue weighted by atomic mass is 10.1. The zero-order valence-electron chi connectivity index (χ0n) is 13.0. The molecule has 1 aromatic heterocycles. The Balaban J connectivity index is 0.00000182. The fraction of sp³-hybridized carbons (Fsp3) is 0.111. The molecule has 126 valence electrons. The van der Waals surface area contributed by atoms with Crippen molar-refractivity contribution >= 4 is 46.3 Å². The Morgan fingerprint density at radius 3 is 2.68 bits per heavy atom. The van der Waals surface area contributed by atoms with E-state index < -0.39 is 0 Å². The quantitative estimate of drug-likeness (QED) is 0.705. The molecule has 0 amide bonds. The molecule has 4 rings (SSSR count). The largest absolute Gasteiger partial charge is 0.486 e. The number of halogens is 2. The SMILES string of the molecule is Cl.N#Cc1cnc2ccc(Cl)cc2c1Nc1ccc2c(c1)OCCO2. The molecule has 0 aliphatic carbocycles. The van der Waals surface area contributed by atoms with Gasteiger partial charge in [-0.1, -0.05) is 11.6 Å². The Labute approximate surface area is 155 Å². The van der Waals surface area contributed by atoms with Gasteiger partial charge < -0.3 is 14.8 Å². The fourth-order valence-electron chi connectivity index (χ4n) is 2.65. The molecule has 3 aromatic rings. The van der Waals surface area contributed by atoms with Crippen LogP contribution in [0.2, 0.25) is 5.02 Å². The van der Waals surface area contributed by atoms with Crippen LogP contribution in [0.1, 0.15) is 5.56 Å². The highest BCUT2D eigenvalue weighted by molar-refractivity contribution is 6.31. The van der Waals surface area contributed by atoms with Gasteiger partial charge in [-0.15, -0.1) is 12.4 Å². The summed E-state index contributed by atoms with van der Waals surface area (Å²) in [6.07, 6.45) is 1.55. The summed E-state index contributed by atoms with van der Waals surface area (Å²) < 4.78 is 11.1. The van der Waals surface area contributed by atoms with E-state index in [0.717, 1.165) is 22.3 Å². The number of nitrogens with one attached hydrogen (secondary N) is 1. The first kappa shape index (κ1) is 17.2. The Hall–Kier alpha value is -2.68. The Bertz CT molecular complexity index is 986. The number of benzene rings is 2. The number of rotatable bonds is 2. The number of hydrogen-bond donors (Lipinski definition) is 1. The summed E-state index contributed by atoms with van der Waals surface area (Å²) in [6, 6.07) is 13.1. The molecule has 2 heterocycles. The van der Waals surface area contributed by atoms with Crippen molar-refractivity contribution in [3.63, 3.8) is 0 Å². The van der Waals surface area contributed by atoms with Crippen molar-refractivity contribution in [2.45, 2.75) is 0 Å². The van der Waals surface area contributed by atoms with Gasteiger partial charge in [0.1, 0.15) is 19.3 Å². The molecule has 0 fully saturated rings. The summed E-state index contributed by atoms with van der Waals surface area (Å²) in [6.45, 7) is 1.07. The van der Waals surface area contributed by atoms with E-state index in [2.05, 4.69) is 16.4 Å². The van der Waals surface area contributed by atoms with Crippen LogP contribution >= 0.6 is 24.0 Å².